The zero-order valence-corrected chi connectivity index (χ0v) is 12.5. The second-order valence-electron chi connectivity index (χ2n) is 3.30. The van der Waals surface area contributed by atoms with Crippen LogP contribution in [0.3, 0.4) is 0 Å². The Balaban J connectivity index is 0.00000196. The summed E-state index contributed by atoms with van der Waals surface area (Å²) < 4.78 is 32.8. The van der Waals surface area contributed by atoms with Crippen LogP contribution in [0, 0.1) is 5.92 Å². The van der Waals surface area contributed by atoms with Gasteiger partial charge in [0, 0.05) is 5.38 Å². The minimum Gasteiger partial charge on any atom is -0.731 e. The smallest absolute Gasteiger partial charge is 0.731 e. The number of anilines is 1. The molecule has 0 fully saturated rings. The van der Waals surface area contributed by atoms with Crippen molar-refractivity contribution >= 4 is 26.8 Å². The van der Waals surface area contributed by atoms with Gasteiger partial charge in [-0.25, -0.2) is 13.4 Å². The maximum Gasteiger partial charge on any atom is 1.00 e. The number of aromatic nitrogens is 1. The molecule has 80 valence electrons. The van der Waals surface area contributed by atoms with Crippen LogP contribution in [0.2, 0.25) is 0 Å². The van der Waals surface area contributed by atoms with E-state index in [0.717, 1.165) is 23.5 Å². The van der Waals surface area contributed by atoms with Crippen molar-refractivity contribution in [2.75, 3.05) is 4.72 Å². The number of hydrogen-bond donors (Lipinski definition) is 1. The minimum absolute atomic E-state index is 0. The Morgan fingerprint density at radius 2 is 2.20 bits per heavy atom. The summed E-state index contributed by atoms with van der Waals surface area (Å²) in [5.74, 6) is 0.453. The molecule has 8 heteroatoms. The minimum atomic E-state index is -4.44. The van der Waals surface area contributed by atoms with E-state index in [-0.39, 0.29) is 34.7 Å². The predicted octanol–water partition coefficient (Wildman–Crippen LogP) is -1.78. The van der Waals surface area contributed by atoms with Crippen molar-refractivity contribution in [1.82, 2.24) is 4.98 Å². The Bertz CT molecular complexity index is 402. The predicted molar refractivity (Wildman–Crippen MR) is 54.0 cm³/mol. The second-order valence-corrected chi connectivity index (χ2v) is 5.27. The van der Waals surface area contributed by atoms with Gasteiger partial charge in [-0.05, 0) is 12.3 Å². The van der Waals surface area contributed by atoms with Crippen LogP contribution in [-0.2, 0) is 16.7 Å². The molecule has 1 aromatic rings. The van der Waals surface area contributed by atoms with Gasteiger partial charge >= 0.3 is 29.6 Å². The molecule has 1 N–H and O–H groups in total. The molecule has 0 radical (unpaired) electrons. The fraction of sp³-hybridized carbons (Fsp3) is 0.571. The van der Waals surface area contributed by atoms with Crippen molar-refractivity contribution in [3.8, 4) is 0 Å². The van der Waals surface area contributed by atoms with E-state index in [1.54, 1.807) is 10.1 Å². The van der Waals surface area contributed by atoms with Gasteiger partial charge in [-0.1, -0.05) is 13.8 Å². The standard InChI is InChI=1S/C7H12N2O3S2.Na/c1-5(2)3-6-4-13-7(8-6)9-14(10,11)12;/h4-5H,3H2,1-2H3,(H,8,9)(H,10,11,12);/q;+1/p-1. The molecule has 0 aromatic carbocycles. The third-order valence-corrected chi connectivity index (χ3v) is 2.76. The molecule has 0 atom stereocenters. The summed E-state index contributed by atoms with van der Waals surface area (Å²) >= 11 is 1.12. The Hall–Kier alpha value is 0.340. The Labute approximate surface area is 115 Å². The van der Waals surface area contributed by atoms with E-state index in [0.29, 0.717) is 5.92 Å². The molecule has 0 amide bonds. The number of thiazole rings is 1. The molecular formula is C7H11N2NaO3S2. The van der Waals surface area contributed by atoms with Crippen molar-refractivity contribution < 1.29 is 42.5 Å². The van der Waals surface area contributed by atoms with Crippen LogP contribution in [-0.4, -0.2) is 18.0 Å². The number of nitrogens with zero attached hydrogens (tertiary/aromatic N) is 1. The summed E-state index contributed by atoms with van der Waals surface area (Å²) in [4.78, 5) is 3.96. The fourth-order valence-corrected chi connectivity index (χ4v) is 2.30. The average Bonchev–Trinajstić information content (AvgIpc) is 2.30. The fourth-order valence-electron chi connectivity index (χ4n) is 0.973. The van der Waals surface area contributed by atoms with Crippen molar-refractivity contribution in [1.29, 1.82) is 0 Å². The van der Waals surface area contributed by atoms with Crippen molar-refractivity contribution in [2.24, 2.45) is 5.92 Å². The molecule has 15 heavy (non-hydrogen) atoms. The van der Waals surface area contributed by atoms with E-state index in [1.807, 2.05) is 13.8 Å². The maximum absolute atomic E-state index is 10.3. The van der Waals surface area contributed by atoms with Gasteiger partial charge in [0.2, 0.25) is 0 Å². The molecule has 5 nitrogen and oxygen atoms in total. The molecule has 0 spiro atoms. The van der Waals surface area contributed by atoms with Gasteiger partial charge in [0.15, 0.2) is 15.4 Å². The average molecular weight is 258 g/mol. The molecule has 0 bridgehead atoms. The van der Waals surface area contributed by atoms with Gasteiger partial charge in [-0.15, -0.1) is 11.3 Å². The summed E-state index contributed by atoms with van der Waals surface area (Å²) in [6.45, 7) is 4.08. The van der Waals surface area contributed by atoms with E-state index in [2.05, 4.69) is 4.98 Å². The molecule has 0 aliphatic heterocycles. The Morgan fingerprint density at radius 1 is 1.60 bits per heavy atom. The molecule has 0 unspecified atom stereocenters. The second kappa shape index (κ2) is 6.17. The first kappa shape index (κ1) is 15.3. The molecule has 1 rings (SSSR count). The van der Waals surface area contributed by atoms with Crippen molar-refractivity contribution in [3.05, 3.63) is 11.1 Å². The molecule has 0 saturated heterocycles. The largest absolute Gasteiger partial charge is 1.00 e. The van der Waals surface area contributed by atoms with Crippen LogP contribution < -0.4 is 34.3 Å². The Morgan fingerprint density at radius 3 is 2.67 bits per heavy atom. The van der Waals surface area contributed by atoms with Crippen LogP contribution in [0.5, 0.6) is 0 Å². The van der Waals surface area contributed by atoms with Crippen molar-refractivity contribution in [2.45, 2.75) is 20.3 Å². The van der Waals surface area contributed by atoms with Gasteiger partial charge in [0.05, 0.1) is 5.69 Å². The van der Waals surface area contributed by atoms with Gasteiger partial charge in [-0.3, -0.25) is 4.72 Å². The van der Waals surface area contributed by atoms with Gasteiger partial charge in [0.25, 0.3) is 0 Å². The first-order valence-electron chi connectivity index (χ1n) is 4.05. The summed E-state index contributed by atoms with van der Waals surface area (Å²) in [7, 11) is -4.44. The van der Waals surface area contributed by atoms with Crippen LogP contribution in [0.25, 0.3) is 0 Å². The number of hydrogen-bond acceptors (Lipinski definition) is 5. The quantitative estimate of drug-likeness (QED) is 0.511. The zero-order chi connectivity index (χ0) is 10.8. The molecule has 0 aliphatic rings. The molecule has 1 heterocycles. The van der Waals surface area contributed by atoms with Gasteiger partial charge in [0.1, 0.15) is 0 Å². The van der Waals surface area contributed by atoms with Crippen LogP contribution in [0.15, 0.2) is 5.38 Å². The molecule has 1 aromatic heterocycles. The number of nitrogens with one attached hydrogen (secondary N) is 1. The van der Waals surface area contributed by atoms with Crippen molar-refractivity contribution in [3.63, 3.8) is 0 Å². The summed E-state index contributed by atoms with van der Waals surface area (Å²) in [5, 5.41) is 1.88. The normalized spacial score (nSPS) is 11.2. The van der Waals surface area contributed by atoms with E-state index in [1.165, 1.54) is 0 Å². The van der Waals surface area contributed by atoms with E-state index in [9.17, 15) is 13.0 Å². The summed E-state index contributed by atoms with van der Waals surface area (Å²) in [6, 6.07) is 0. The summed E-state index contributed by atoms with van der Waals surface area (Å²) in [5.41, 5.74) is 0.802. The van der Waals surface area contributed by atoms with E-state index in [4.69, 9.17) is 0 Å². The zero-order valence-electron chi connectivity index (χ0n) is 8.85. The first-order valence-corrected chi connectivity index (χ1v) is 6.33. The maximum atomic E-state index is 10.3. The molecule has 0 saturated carbocycles. The molecular weight excluding hydrogens is 247 g/mol. The molecule has 0 aliphatic carbocycles. The van der Waals surface area contributed by atoms with Gasteiger partial charge < -0.3 is 4.55 Å². The van der Waals surface area contributed by atoms with E-state index >= 15 is 0 Å². The van der Waals surface area contributed by atoms with Crippen LogP contribution >= 0.6 is 11.3 Å². The van der Waals surface area contributed by atoms with E-state index < -0.39 is 10.3 Å². The SMILES string of the molecule is CC(C)Cc1csc(NS(=O)(=O)[O-])n1.[Na+]. The van der Waals surface area contributed by atoms with Crippen LogP contribution in [0.4, 0.5) is 5.13 Å². The van der Waals surface area contributed by atoms with Crippen LogP contribution in [0.1, 0.15) is 19.5 Å². The first-order chi connectivity index (χ1) is 6.37. The summed E-state index contributed by atoms with van der Waals surface area (Å²) in [6.07, 6.45) is 0.775. The number of rotatable bonds is 4. The third-order valence-electron chi connectivity index (χ3n) is 1.38. The Kier molecular flexibility index (Phi) is 6.31. The monoisotopic (exact) mass is 258 g/mol. The topological polar surface area (TPSA) is 82.1 Å². The third kappa shape index (κ3) is 6.49. The van der Waals surface area contributed by atoms with Gasteiger partial charge in [-0.2, -0.15) is 0 Å².